The second-order valence-corrected chi connectivity index (χ2v) is 2.85. The summed E-state index contributed by atoms with van der Waals surface area (Å²) >= 11 is 2.96. The van der Waals surface area contributed by atoms with Gasteiger partial charge in [-0.1, -0.05) is 0 Å². The van der Waals surface area contributed by atoms with Crippen molar-refractivity contribution in [1.29, 1.82) is 0 Å². The molecule has 1 heteroatoms. The van der Waals surface area contributed by atoms with Crippen LogP contribution in [0.5, 0.6) is 0 Å². The Morgan fingerprint density at radius 1 is 1.75 bits per heavy atom. The SMILES string of the molecule is CCC1=[C]([Rh])CC=C1. The van der Waals surface area contributed by atoms with Gasteiger partial charge in [-0.25, -0.2) is 0 Å². The third-order valence-electron chi connectivity index (χ3n) is 1.32. The van der Waals surface area contributed by atoms with E-state index in [9.17, 15) is 0 Å². The van der Waals surface area contributed by atoms with Gasteiger partial charge in [-0.15, -0.1) is 0 Å². The molecule has 0 aromatic carbocycles. The van der Waals surface area contributed by atoms with Gasteiger partial charge < -0.3 is 0 Å². The molecular formula is C7H9Rh. The molecule has 0 spiro atoms. The first-order valence-electron chi connectivity index (χ1n) is 2.86. The first-order chi connectivity index (χ1) is 3.84. The summed E-state index contributed by atoms with van der Waals surface area (Å²) in [5.74, 6) is 0. The Morgan fingerprint density at radius 3 is 2.75 bits per heavy atom. The van der Waals surface area contributed by atoms with Crippen molar-refractivity contribution in [3.8, 4) is 0 Å². The molecule has 1 aliphatic rings. The summed E-state index contributed by atoms with van der Waals surface area (Å²) in [5, 5.41) is 0. The van der Waals surface area contributed by atoms with Crippen molar-refractivity contribution < 1.29 is 18.3 Å². The van der Waals surface area contributed by atoms with E-state index in [-0.39, 0.29) is 0 Å². The van der Waals surface area contributed by atoms with E-state index in [1.807, 2.05) is 0 Å². The first kappa shape index (κ1) is 6.23. The fraction of sp³-hybridized carbons (Fsp3) is 0.429. The molecular weight excluding hydrogens is 187 g/mol. The van der Waals surface area contributed by atoms with Crippen molar-refractivity contribution in [2.75, 3.05) is 0 Å². The molecule has 0 bridgehead atoms. The summed E-state index contributed by atoms with van der Waals surface area (Å²) in [6.07, 6.45) is 6.71. The van der Waals surface area contributed by atoms with Gasteiger partial charge in [-0.2, -0.15) is 0 Å². The van der Waals surface area contributed by atoms with Crippen LogP contribution in [0.1, 0.15) is 19.8 Å². The Kier molecular flexibility index (Phi) is 2.02. The maximum atomic E-state index is 2.96. The van der Waals surface area contributed by atoms with Crippen molar-refractivity contribution in [2.24, 2.45) is 0 Å². The van der Waals surface area contributed by atoms with Crippen LogP contribution < -0.4 is 0 Å². The molecule has 0 nitrogen and oxygen atoms in total. The van der Waals surface area contributed by atoms with Crippen LogP contribution in [-0.4, -0.2) is 0 Å². The van der Waals surface area contributed by atoms with Crippen molar-refractivity contribution in [3.63, 3.8) is 0 Å². The zero-order chi connectivity index (χ0) is 5.98. The predicted octanol–water partition coefficient (Wildman–Crippen LogP) is 2.16. The van der Waals surface area contributed by atoms with Crippen molar-refractivity contribution in [1.82, 2.24) is 0 Å². The second kappa shape index (κ2) is 2.59. The molecule has 0 saturated heterocycles. The zero-order valence-electron chi connectivity index (χ0n) is 4.90. The summed E-state index contributed by atoms with van der Waals surface area (Å²) in [6, 6.07) is 0. The first-order valence-corrected chi connectivity index (χ1v) is 3.68. The van der Waals surface area contributed by atoms with Crippen LogP contribution in [0, 0.1) is 0 Å². The fourth-order valence-electron chi connectivity index (χ4n) is 0.819. The molecule has 0 aromatic rings. The summed E-state index contributed by atoms with van der Waals surface area (Å²) in [5.41, 5.74) is 1.48. The molecule has 0 saturated carbocycles. The van der Waals surface area contributed by atoms with E-state index >= 15 is 0 Å². The molecule has 0 unspecified atom stereocenters. The maximum absolute atomic E-state index is 2.96. The summed E-state index contributed by atoms with van der Waals surface area (Å²) in [7, 11) is 0. The molecule has 1 aliphatic carbocycles. The Hall–Kier alpha value is 0.103. The number of rotatable bonds is 1. The normalized spacial score (nSPS) is 18.4. The van der Waals surface area contributed by atoms with Gasteiger partial charge in [0, 0.05) is 0 Å². The molecule has 0 N–H and O–H groups in total. The summed E-state index contributed by atoms with van der Waals surface area (Å²) < 4.78 is 1.44. The third-order valence-corrected chi connectivity index (χ3v) is 2.18. The molecule has 8 heavy (non-hydrogen) atoms. The Morgan fingerprint density at radius 2 is 2.50 bits per heavy atom. The number of hydrogen-bond acceptors (Lipinski definition) is 0. The average molecular weight is 196 g/mol. The van der Waals surface area contributed by atoms with Crippen molar-refractivity contribution in [2.45, 2.75) is 19.8 Å². The molecule has 0 fully saturated rings. The monoisotopic (exact) mass is 196 g/mol. The quantitative estimate of drug-likeness (QED) is 0.563. The van der Waals surface area contributed by atoms with Gasteiger partial charge in [0.1, 0.15) is 0 Å². The van der Waals surface area contributed by atoms with Gasteiger partial charge in [-0.3, -0.25) is 0 Å². The van der Waals surface area contributed by atoms with E-state index in [2.05, 4.69) is 37.4 Å². The van der Waals surface area contributed by atoms with E-state index < -0.39 is 0 Å². The van der Waals surface area contributed by atoms with Gasteiger partial charge in [0.15, 0.2) is 0 Å². The molecule has 0 amide bonds. The van der Waals surface area contributed by atoms with Gasteiger partial charge in [-0.05, 0) is 0 Å². The van der Waals surface area contributed by atoms with Gasteiger partial charge >= 0.3 is 60.0 Å². The minimum atomic E-state index is 1.13. The van der Waals surface area contributed by atoms with Crippen LogP contribution in [0.15, 0.2) is 21.9 Å². The van der Waals surface area contributed by atoms with Crippen LogP contribution in [0.2, 0.25) is 0 Å². The Labute approximate surface area is 60.3 Å². The molecule has 0 aromatic heterocycles. The zero-order valence-corrected chi connectivity index (χ0v) is 6.54. The van der Waals surface area contributed by atoms with Crippen molar-refractivity contribution in [3.05, 3.63) is 21.9 Å². The van der Waals surface area contributed by atoms with E-state index in [0.29, 0.717) is 0 Å². The second-order valence-electron chi connectivity index (χ2n) is 1.86. The molecule has 0 radical (unpaired) electrons. The standard InChI is InChI=1S/C7H9.Rh/c1-2-7-5-3-4-6-7;/h3,5H,2,4H2,1H3;. The van der Waals surface area contributed by atoms with Crippen LogP contribution in [0.4, 0.5) is 0 Å². The average Bonchev–Trinajstić information content (AvgIpc) is 2.14. The number of hydrogen-bond donors (Lipinski definition) is 0. The van der Waals surface area contributed by atoms with Gasteiger partial charge in [0.2, 0.25) is 0 Å². The van der Waals surface area contributed by atoms with E-state index in [0.717, 1.165) is 6.42 Å². The molecule has 46 valence electrons. The van der Waals surface area contributed by atoms with Crippen LogP contribution in [-0.2, 0) is 18.3 Å². The number of allylic oxidation sites excluding steroid dienone is 4. The third kappa shape index (κ3) is 1.09. The van der Waals surface area contributed by atoms with Crippen LogP contribution >= 0.6 is 0 Å². The van der Waals surface area contributed by atoms with Gasteiger partial charge in [0.05, 0.1) is 0 Å². The van der Waals surface area contributed by atoms with Gasteiger partial charge in [0.25, 0.3) is 0 Å². The Balaban J connectivity index is 2.70. The molecule has 0 atom stereocenters. The molecule has 0 heterocycles. The topological polar surface area (TPSA) is 0 Å². The van der Waals surface area contributed by atoms with Crippen LogP contribution in [0.25, 0.3) is 0 Å². The van der Waals surface area contributed by atoms with E-state index in [1.54, 1.807) is 0 Å². The van der Waals surface area contributed by atoms with Crippen molar-refractivity contribution >= 4 is 0 Å². The van der Waals surface area contributed by atoms with E-state index in [4.69, 9.17) is 0 Å². The molecule has 1 rings (SSSR count). The summed E-state index contributed by atoms with van der Waals surface area (Å²) in [4.78, 5) is 0. The fourth-order valence-corrected chi connectivity index (χ4v) is 1.44. The van der Waals surface area contributed by atoms with Crippen LogP contribution in [0.3, 0.4) is 0 Å². The molecule has 0 aliphatic heterocycles. The predicted molar refractivity (Wildman–Crippen MR) is 31.1 cm³/mol. The summed E-state index contributed by atoms with van der Waals surface area (Å²) in [6.45, 7) is 2.19. The van der Waals surface area contributed by atoms with E-state index in [1.165, 1.54) is 16.2 Å². The Bertz CT molecular complexity index is 142. The minimum absolute atomic E-state index is 1.13.